The van der Waals surface area contributed by atoms with Gasteiger partial charge in [-0.15, -0.1) is 0 Å². The second-order valence-electron chi connectivity index (χ2n) is 4.83. The molecule has 0 aliphatic rings. The minimum Gasteiger partial charge on any atom is -0.348 e. The van der Waals surface area contributed by atoms with E-state index in [-0.39, 0.29) is 11.7 Å². The molecule has 0 atom stereocenters. The van der Waals surface area contributed by atoms with Crippen LogP contribution in [0.1, 0.15) is 21.5 Å². The topological polar surface area (TPSA) is 88.2 Å². The van der Waals surface area contributed by atoms with E-state index in [1.165, 1.54) is 13.2 Å². The second-order valence-corrected chi connectivity index (χ2v) is 7.15. The Morgan fingerprint density at radius 1 is 1.13 bits per heavy atom. The van der Waals surface area contributed by atoms with Crippen LogP contribution in [0.5, 0.6) is 0 Å². The molecule has 0 saturated carbocycles. The van der Waals surface area contributed by atoms with Crippen LogP contribution < -0.4 is 10.0 Å². The van der Waals surface area contributed by atoms with Crippen LogP contribution in [0.2, 0.25) is 5.15 Å². The Bertz CT molecular complexity index is 775. The molecule has 122 valence electrons. The number of nitrogens with one attached hydrogen (secondary N) is 2. The second kappa shape index (κ2) is 7.54. The van der Waals surface area contributed by atoms with Crippen molar-refractivity contribution in [2.24, 2.45) is 0 Å². The first-order valence-corrected chi connectivity index (χ1v) is 8.81. The fraction of sp³-hybridized carbons (Fsp3) is 0.200. The van der Waals surface area contributed by atoms with E-state index >= 15 is 0 Å². The molecule has 23 heavy (non-hydrogen) atoms. The molecule has 1 aromatic carbocycles. The third-order valence-corrected chi connectivity index (χ3v) is 4.69. The van der Waals surface area contributed by atoms with Gasteiger partial charge in [0.25, 0.3) is 5.91 Å². The Morgan fingerprint density at radius 3 is 2.35 bits per heavy atom. The molecular formula is C15H16ClN3O3S. The van der Waals surface area contributed by atoms with Gasteiger partial charge in [-0.3, -0.25) is 4.79 Å². The molecule has 1 amide bonds. The predicted molar refractivity (Wildman–Crippen MR) is 88.5 cm³/mol. The number of rotatable bonds is 6. The molecule has 2 rings (SSSR count). The zero-order chi connectivity index (χ0) is 16.9. The number of benzene rings is 1. The van der Waals surface area contributed by atoms with Crippen LogP contribution in [0.4, 0.5) is 0 Å². The molecular weight excluding hydrogens is 338 g/mol. The van der Waals surface area contributed by atoms with Gasteiger partial charge in [-0.2, -0.15) is 0 Å². The number of sulfonamides is 1. The highest BCUT2D eigenvalue weighted by atomic mass is 35.5. The first kappa shape index (κ1) is 17.4. The van der Waals surface area contributed by atoms with Crippen molar-refractivity contribution in [1.82, 2.24) is 15.0 Å². The lowest BCUT2D eigenvalue weighted by molar-refractivity contribution is 0.0950. The largest absolute Gasteiger partial charge is 0.348 e. The number of hydrogen-bond donors (Lipinski definition) is 2. The SMILES string of the molecule is CNS(=O)(=O)Cc1ccc(CNC(=O)c2ccc(Cl)nc2)cc1. The van der Waals surface area contributed by atoms with Gasteiger partial charge in [0.15, 0.2) is 0 Å². The summed E-state index contributed by atoms with van der Waals surface area (Å²) in [6.07, 6.45) is 1.41. The van der Waals surface area contributed by atoms with E-state index in [1.54, 1.807) is 36.4 Å². The first-order chi connectivity index (χ1) is 10.9. The van der Waals surface area contributed by atoms with Crippen molar-refractivity contribution in [3.8, 4) is 0 Å². The number of nitrogens with zero attached hydrogens (tertiary/aromatic N) is 1. The average Bonchev–Trinajstić information content (AvgIpc) is 2.54. The van der Waals surface area contributed by atoms with Crippen LogP contribution in [-0.4, -0.2) is 26.4 Å². The summed E-state index contributed by atoms with van der Waals surface area (Å²) in [4.78, 5) is 15.8. The van der Waals surface area contributed by atoms with Gasteiger partial charge < -0.3 is 5.32 Å². The van der Waals surface area contributed by atoms with Crippen LogP contribution in [-0.2, 0) is 22.3 Å². The highest BCUT2D eigenvalue weighted by molar-refractivity contribution is 7.88. The van der Waals surface area contributed by atoms with Crippen LogP contribution in [0.3, 0.4) is 0 Å². The molecule has 0 unspecified atom stereocenters. The molecule has 6 nitrogen and oxygen atoms in total. The van der Waals surface area contributed by atoms with Crippen molar-refractivity contribution in [3.63, 3.8) is 0 Å². The molecule has 8 heteroatoms. The van der Waals surface area contributed by atoms with Gasteiger partial charge in [-0.25, -0.2) is 18.1 Å². The Balaban J connectivity index is 1.93. The van der Waals surface area contributed by atoms with Gasteiger partial charge in [0.1, 0.15) is 5.15 Å². The van der Waals surface area contributed by atoms with Crippen molar-refractivity contribution in [2.45, 2.75) is 12.3 Å². The van der Waals surface area contributed by atoms with E-state index in [4.69, 9.17) is 11.6 Å². The maximum Gasteiger partial charge on any atom is 0.253 e. The molecule has 2 aromatic rings. The Kier molecular flexibility index (Phi) is 5.70. The molecule has 0 saturated heterocycles. The summed E-state index contributed by atoms with van der Waals surface area (Å²) in [6.45, 7) is 0.334. The molecule has 0 radical (unpaired) electrons. The van der Waals surface area contributed by atoms with E-state index in [0.29, 0.717) is 22.8 Å². The normalized spacial score (nSPS) is 11.2. The third kappa shape index (κ3) is 5.31. The lowest BCUT2D eigenvalue weighted by Gasteiger charge is -2.07. The molecule has 0 aliphatic carbocycles. The minimum absolute atomic E-state index is 0.0768. The lowest BCUT2D eigenvalue weighted by atomic mass is 10.1. The molecule has 1 heterocycles. The number of carbonyl (C=O) groups excluding carboxylic acids is 1. The molecule has 0 spiro atoms. The fourth-order valence-electron chi connectivity index (χ4n) is 1.84. The zero-order valence-electron chi connectivity index (χ0n) is 12.4. The van der Waals surface area contributed by atoms with Gasteiger partial charge in [0.05, 0.1) is 11.3 Å². The quantitative estimate of drug-likeness (QED) is 0.774. The van der Waals surface area contributed by atoms with Crippen LogP contribution in [0.15, 0.2) is 42.6 Å². The summed E-state index contributed by atoms with van der Waals surface area (Å²) in [5, 5.41) is 3.09. The number of hydrogen-bond acceptors (Lipinski definition) is 4. The maximum absolute atomic E-state index is 11.9. The van der Waals surface area contributed by atoms with E-state index in [0.717, 1.165) is 5.56 Å². The van der Waals surface area contributed by atoms with E-state index in [2.05, 4.69) is 15.0 Å². The smallest absolute Gasteiger partial charge is 0.253 e. The zero-order valence-corrected chi connectivity index (χ0v) is 14.0. The number of aromatic nitrogens is 1. The van der Waals surface area contributed by atoms with Gasteiger partial charge in [0.2, 0.25) is 10.0 Å². The highest BCUT2D eigenvalue weighted by Gasteiger charge is 2.09. The molecule has 0 bridgehead atoms. The maximum atomic E-state index is 11.9. The van der Waals surface area contributed by atoms with Gasteiger partial charge >= 0.3 is 0 Å². The van der Waals surface area contributed by atoms with Crippen molar-refractivity contribution < 1.29 is 13.2 Å². The third-order valence-electron chi connectivity index (χ3n) is 3.13. The molecule has 0 aliphatic heterocycles. The van der Waals surface area contributed by atoms with E-state index in [9.17, 15) is 13.2 Å². The van der Waals surface area contributed by atoms with E-state index < -0.39 is 10.0 Å². The summed E-state index contributed by atoms with van der Waals surface area (Å²) < 4.78 is 25.2. The Labute approximate surface area is 139 Å². The van der Waals surface area contributed by atoms with Crippen molar-refractivity contribution in [3.05, 3.63) is 64.4 Å². The number of pyridine rings is 1. The summed E-state index contributed by atoms with van der Waals surface area (Å²) in [5.74, 6) is -0.331. The van der Waals surface area contributed by atoms with Crippen molar-refractivity contribution in [2.75, 3.05) is 7.05 Å². The van der Waals surface area contributed by atoms with Gasteiger partial charge in [0, 0.05) is 12.7 Å². The van der Waals surface area contributed by atoms with Crippen molar-refractivity contribution >= 4 is 27.5 Å². The number of amides is 1. The highest BCUT2D eigenvalue weighted by Crippen LogP contribution is 2.09. The lowest BCUT2D eigenvalue weighted by Crippen LogP contribution is -2.23. The van der Waals surface area contributed by atoms with Crippen LogP contribution in [0.25, 0.3) is 0 Å². The molecule has 0 fully saturated rings. The number of carbonyl (C=O) groups is 1. The summed E-state index contributed by atoms with van der Waals surface area (Å²) in [6, 6.07) is 10.1. The average molecular weight is 354 g/mol. The summed E-state index contributed by atoms with van der Waals surface area (Å²) in [7, 11) is -1.91. The predicted octanol–water partition coefficient (Wildman–Crippen LogP) is 1.71. The fourth-order valence-corrected chi connectivity index (χ4v) is 2.73. The van der Waals surface area contributed by atoms with Gasteiger partial charge in [-0.05, 0) is 30.3 Å². The monoisotopic (exact) mass is 353 g/mol. The summed E-state index contributed by atoms with van der Waals surface area (Å²) in [5.41, 5.74) is 1.97. The van der Waals surface area contributed by atoms with Crippen LogP contribution >= 0.6 is 11.6 Å². The Morgan fingerprint density at radius 2 is 1.78 bits per heavy atom. The standard InChI is InChI=1S/C15H16ClN3O3S/c1-17-23(21,22)10-12-4-2-11(3-5-12)8-19-15(20)13-6-7-14(16)18-9-13/h2-7,9,17H,8,10H2,1H3,(H,19,20). The van der Waals surface area contributed by atoms with E-state index in [1.807, 2.05) is 0 Å². The number of halogens is 1. The Hall–Kier alpha value is -1.96. The summed E-state index contributed by atoms with van der Waals surface area (Å²) >= 11 is 5.67. The molecule has 2 N–H and O–H groups in total. The minimum atomic E-state index is -3.29. The first-order valence-electron chi connectivity index (χ1n) is 6.78. The molecule has 1 aromatic heterocycles. The van der Waals surface area contributed by atoms with Crippen molar-refractivity contribution in [1.29, 1.82) is 0 Å². The van der Waals surface area contributed by atoms with Crippen LogP contribution in [0, 0.1) is 0 Å². The van der Waals surface area contributed by atoms with Gasteiger partial charge in [-0.1, -0.05) is 35.9 Å².